The summed E-state index contributed by atoms with van der Waals surface area (Å²) in [6.45, 7) is 12.5. The van der Waals surface area contributed by atoms with E-state index in [1.54, 1.807) is 6.07 Å². The van der Waals surface area contributed by atoms with Crippen LogP contribution >= 0.6 is 0 Å². The molecule has 0 unspecified atom stereocenters. The van der Waals surface area contributed by atoms with Crippen LogP contribution in [0.5, 0.6) is 0 Å². The smallest absolute Gasteiger partial charge is 0.358 e. The van der Waals surface area contributed by atoms with E-state index in [1.807, 2.05) is 6.07 Å². The molecule has 7 heteroatoms. The summed E-state index contributed by atoms with van der Waals surface area (Å²) in [5, 5.41) is 24.1. The molecule has 0 atom stereocenters. The number of aromatic nitrogens is 2. The minimum absolute atomic E-state index is 0.0285. The molecule has 0 aliphatic rings. The Balaban J connectivity index is 0.000000251. The monoisotopic (exact) mass is 347 g/mol. The molecule has 0 spiro atoms. The van der Waals surface area contributed by atoms with E-state index in [2.05, 4.69) is 51.9 Å². The summed E-state index contributed by atoms with van der Waals surface area (Å²) in [4.78, 5) is 10.5. The lowest BCUT2D eigenvalue weighted by molar-refractivity contribution is 0.0685. The molecule has 2 rings (SSSR count). The first-order valence-electron chi connectivity index (χ1n) is 7.94. The number of aromatic carboxylic acids is 1. The summed E-state index contributed by atoms with van der Waals surface area (Å²) in [6.07, 6.45) is 1.50. The van der Waals surface area contributed by atoms with Gasteiger partial charge in [-0.15, -0.1) is 0 Å². The zero-order valence-electron chi connectivity index (χ0n) is 15.6. The van der Waals surface area contributed by atoms with E-state index in [0.717, 1.165) is 12.2 Å². The quantitative estimate of drug-likeness (QED) is 0.889. The zero-order chi connectivity index (χ0) is 19.3. The third kappa shape index (κ3) is 8.15. The third-order valence-corrected chi connectivity index (χ3v) is 2.86. The molecule has 0 fully saturated rings. The molecule has 0 saturated carbocycles. The second-order valence-electron chi connectivity index (χ2n) is 8.25. The molecular weight excluding hydrogens is 322 g/mol. The Morgan fingerprint density at radius 2 is 1.52 bits per heavy atom. The molecule has 0 aromatic carbocycles. The Hall–Kier alpha value is -2.62. The first-order chi connectivity index (χ1) is 11.4. The van der Waals surface area contributed by atoms with E-state index < -0.39 is 5.97 Å². The van der Waals surface area contributed by atoms with Crippen LogP contribution in [0.15, 0.2) is 21.2 Å². The summed E-state index contributed by atoms with van der Waals surface area (Å²) in [6, 6.07) is 5.08. The van der Waals surface area contributed by atoms with Gasteiger partial charge in [-0.2, -0.15) is 5.26 Å². The van der Waals surface area contributed by atoms with Crippen LogP contribution in [0.2, 0.25) is 0 Å². The third-order valence-electron chi connectivity index (χ3n) is 2.86. The molecule has 7 nitrogen and oxygen atoms in total. The minimum atomic E-state index is -1.05. The Labute approximate surface area is 147 Å². The molecule has 2 aromatic rings. The molecule has 0 bridgehead atoms. The van der Waals surface area contributed by atoms with Crippen LogP contribution in [0.3, 0.4) is 0 Å². The fourth-order valence-corrected chi connectivity index (χ4v) is 1.99. The molecule has 2 aromatic heterocycles. The summed E-state index contributed by atoms with van der Waals surface area (Å²) in [5.41, 5.74) is 0.579. The number of carboxylic acids is 1. The Morgan fingerprint density at radius 1 is 1.04 bits per heavy atom. The summed E-state index contributed by atoms with van der Waals surface area (Å²) in [7, 11) is 0. The molecule has 0 amide bonds. The van der Waals surface area contributed by atoms with Crippen molar-refractivity contribution in [3.8, 4) is 6.07 Å². The zero-order valence-corrected chi connectivity index (χ0v) is 15.6. The van der Waals surface area contributed by atoms with E-state index in [1.165, 1.54) is 6.07 Å². The van der Waals surface area contributed by atoms with Gasteiger partial charge in [0.2, 0.25) is 0 Å². The second-order valence-corrected chi connectivity index (χ2v) is 8.25. The van der Waals surface area contributed by atoms with Crippen LogP contribution in [-0.4, -0.2) is 21.4 Å². The van der Waals surface area contributed by atoms with Crippen molar-refractivity contribution in [3.05, 3.63) is 35.0 Å². The van der Waals surface area contributed by atoms with Gasteiger partial charge in [-0.1, -0.05) is 51.9 Å². The molecule has 1 N–H and O–H groups in total. The van der Waals surface area contributed by atoms with Crippen LogP contribution in [-0.2, 0) is 12.8 Å². The molecule has 25 heavy (non-hydrogen) atoms. The summed E-state index contributed by atoms with van der Waals surface area (Å²) in [5.74, 6) is 0.341. The first kappa shape index (κ1) is 20.4. The number of nitriles is 1. The van der Waals surface area contributed by atoms with Crippen molar-refractivity contribution in [2.45, 2.75) is 54.4 Å². The number of carboxylic acid groups (broad SMARTS) is 1. The predicted molar refractivity (Wildman–Crippen MR) is 91.0 cm³/mol. The lowest BCUT2D eigenvalue weighted by atomic mass is 9.91. The lowest BCUT2D eigenvalue weighted by Crippen LogP contribution is -2.08. The van der Waals surface area contributed by atoms with Gasteiger partial charge in [0.05, 0.1) is 0 Å². The van der Waals surface area contributed by atoms with Crippen LogP contribution < -0.4 is 0 Å². The minimum Gasteiger partial charge on any atom is -0.476 e. The van der Waals surface area contributed by atoms with E-state index in [9.17, 15) is 4.79 Å². The van der Waals surface area contributed by atoms with Crippen LogP contribution in [0.4, 0.5) is 0 Å². The van der Waals surface area contributed by atoms with Gasteiger partial charge in [-0.3, -0.25) is 0 Å². The predicted octanol–water partition coefficient (Wildman–Crippen LogP) is 4.10. The average Bonchev–Trinajstić information content (AvgIpc) is 3.05. The summed E-state index contributed by atoms with van der Waals surface area (Å²) < 4.78 is 9.83. The molecule has 2 heterocycles. The van der Waals surface area contributed by atoms with Crippen LogP contribution in [0.25, 0.3) is 0 Å². The fourth-order valence-electron chi connectivity index (χ4n) is 1.99. The highest BCUT2D eigenvalue weighted by Crippen LogP contribution is 2.21. The second kappa shape index (κ2) is 7.97. The van der Waals surface area contributed by atoms with Crippen molar-refractivity contribution >= 4 is 5.97 Å². The standard InChI is InChI=1S/C9H12N2O.C9H13NO3/c1-9(2,3)5-8-4-7(6-10)11-12-8;1-9(2,3)5-6-4-7(8(11)12)10-13-6/h4H,5H2,1-3H3;4H,5H2,1-3H3,(H,11,12). The van der Waals surface area contributed by atoms with Gasteiger partial charge < -0.3 is 14.2 Å². The normalized spacial score (nSPS) is 11.4. The van der Waals surface area contributed by atoms with E-state index in [0.29, 0.717) is 17.9 Å². The maximum atomic E-state index is 10.5. The molecule has 0 aliphatic heterocycles. The Morgan fingerprint density at radius 3 is 1.88 bits per heavy atom. The van der Waals surface area contributed by atoms with Crippen molar-refractivity contribution in [2.24, 2.45) is 10.8 Å². The van der Waals surface area contributed by atoms with Gasteiger partial charge in [0.15, 0.2) is 11.4 Å². The van der Waals surface area contributed by atoms with Gasteiger partial charge in [0.25, 0.3) is 0 Å². The van der Waals surface area contributed by atoms with Crippen molar-refractivity contribution in [2.75, 3.05) is 0 Å². The molecule has 136 valence electrons. The van der Waals surface area contributed by atoms with Crippen molar-refractivity contribution in [3.63, 3.8) is 0 Å². The first-order valence-corrected chi connectivity index (χ1v) is 7.94. The van der Waals surface area contributed by atoms with E-state index in [-0.39, 0.29) is 16.5 Å². The number of nitrogens with zero attached hydrogens (tertiary/aromatic N) is 3. The van der Waals surface area contributed by atoms with Crippen LogP contribution in [0.1, 0.15) is 69.2 Å². The van der Waals surface area contributed by atoms with Crippen molar-refractivity contribution < 1.29 is 18.9 Å². The number of rotatable bonds is 3. The highest BCUT2D eigenvalue weighted by Gasteiger charge is 2.17. The number of hydrogen-bond donors (Lipinski definition) is 1. The topological polar surface area (TPSA) is 113 Å². The molecular formula is C18H25N3O4. The number of carbonyl (C=O) groups is 1. The van der Waals surface area contributed by atoms with E-state index >= 15 is 0 Å². The maximum Gasteiger partial charge on any atom is 0.358 e. The van der Waals surface area contributed by atoms with Gasteiger partial charge >= 0.3 is 5.97 Å². The Bertz CT molecular complexity index is 739. The largest absolute Gasteiger partial charge is 0.476 e. The SMILES string of the molecule is CC(C)(C)Cc1cc(C#N)no1.CC(C)(C)Cc1cc(C(=O)O)no1. The van der Waals surface area contributed by atoms with E-state index in [4.69, 9.17) is 19.4 Å². The molecule has 0 aliphatic carbocycles. The highest BCUT2D eigenvalue weighted by atomic mass is 16.5. The van der Waals surface area contributed by atoms with Gasteiger partial charge in [0.1, 0.15) is 17.6 Å². The summed E-state index contributed by atoms with van der Waals surface area (Å²) >= 11 is 0. The highest BCUT2D eigenvalue weighted by molar-refractivity contribution is 5.85. The lowest BCUT2D eigenvalue weighted by Gasteiger charge is -2.14. The molecule has 0 saturated heterocycles. The van der Waals surface area contributed by atoms with Gasteiger partial charge in [0, 0.05) is 25.0 Å². The van der Waals surface area contributed by atoms with Gasteiger partial charge in [-0.05, 0) is 10.8 Å². The molecule has 0 radical (unpaired) electrons. The van der Waals surface area contributed by atoms with Crippen molar-refractivity contribution in [1.82, 2.24) is 10.3 Å². The average molecular weight is 347 g/mol. The number of hydrogen-bond acceptors (Lipinski definition) is 6. The maximum absolute atomic E-state index is 10.5. The Kier molecular flexibility index (Phi) is 6.51. The van der Waals surface area contributed by atoms with Crippen LogP contribution in [0, 0.1) is 22.2 Å². The van der Waals surface area contributed by atoms with Crippen molar-refractivity contribution in [1.29, 1.82) is 5.26 Å². The fraction of sp³-hybridized carbons (Fsp3) is 0.556. The van der Waals surface area contributed by atoms with Gasteiger partial charge in [-0.25, -0.2) is 4.79 Å².